The van der Waals surface area contributed by atoms with E-state index in [1.54, 1.807) is 18.2 Å². The van der Waals surface area contributed by atoms with Crippen molar-refractivity contribution in [3.8, 4) is 5.75 Å². The molecule has 1 heterocycles. The first-order valence-electron chi connectivity index (χ1n) is 5.69. The third-order valence-corrected chi connectivity index (χ3v) is 3.94. The van der Waals surface area contributed by atoms with Crippen molar-refractivity contribution in [2.45, 2.75) is 18.8 Å². The average Bonchev–Trinajstić information content (AvgIpc) is 2.77. The van der Waals surface area contributed by atoms with Crippen molar-refractivity contribution in [2.75, 3.05) is 0 Å². The Morgan fingerprint density at radius 1 is 1.15 bits per heavy atom. The molecule has 0 spiro atoms. The molecule has 2 aromatic rings. The molecule has 1 atom stereocenters. The lowest BCUT2D eigenvalue weighted by molar-refractivity contribution is -0.274. The summed E-state index contributed by atoms with van der Waals surface area (Å²) in [6, 6.07) is 9.06. The molecule has 0 aliphatic rings. The van der Waals surface area contributed by atoms with Crippen LogP contribution in [0.15, 0.2) is 36.4 Å². The van der Waals surface area contributed by atoms with E-state index >= 15 is 0 Å². The number of thiophene rings is 1. The molecule has 108 valence electrons. The zero-order valence-electron chi connectivity index (χ0n) is 10.2. The Labute approximate surface area is 122 Å². The first-order chi connectivity index (χ1) is 9.33. The number of hydrogen-bond donors (Lipinski definition) is 1. The molecule has 0 saturated heterocycles. The van der Waals surface area contributed by atoms with E-state index in [1.807, 2.05) is 6.07 Å². The van der Waals surface area contributed by atoms with Gasteiger partial charge in [0.05, 0.1) is 4.34 Å². The fourth-order valence-corrected chi connectivity index (χ4v) is 2.77. The van der Waals surface area contributed by atoms with E-state index in [-0.39, 0.29) is 11.8 Å². The van der Waals surface area contributed by atoms with Crippen LogP contribution in [0.25, 0.3) is 0 Å². The molecule has 2 rings (SSSR count). The highest BCUT2D eigenvalue weighted by Crippen LogP contribution is 2.28. The van der Waals surface area contributed by atoms with Crippen molar-refractivity contribution in [2.24, 2.45) is 5.73 Å². The van der Waals surface area contributed by atoms with Gasteiger partial charge >= 0.3 is 6.36 Å². The predicted molar refractivity (Wildman–Crippen MR) is 73.1 cm³/mol. The van der Waals surface area contributed by atoms with Gasteiger partial charge in [-0.2, -0.15) is 0 Å². The molecular weight excluding hydrogens is 311 g/mol. The normalized spacial score (nSPS) is 13.2. The zero-order valence-corrected chi connectivity index (χ0v) is 11.7. The fraction of sp³-hybridized carbons (Fsp3) is 0.231. The molecule has 7 heteroatoms. The van der Waals surface area contributed by atoms with Crippen LogP contribution >= 0.6 is 22.9 Å². The van der Waals surface area contributed by atoms with E-state index in [0.717, 1.165) is 10.4 Å². The summed E-state index contributed by atoms with van der Waals surface area (Å²) in [7, 11) is 0. The van der Waals surface area contributed by atoms with Crippen LogP contribution in [-0.2, 0) is 6.42 Å². The Bertz CT molecular complexity index is 568. The van der Waals surface area contributed by atoms with E-state index in [2.05, 4.69) is 4.74 Å². The molecule has 0 bridgehead atoms. The van der Waals surface area contributed by atoms with Gasteiger partial charge in [0.25, 0.3) is 0 Å². The second-order valence-corrected chi connectivity index (χ2v) is 5.89. The lowest BCUT2D eigenvalue weighted by Crippen LogP contribution is -2.17. The Kier molecular flexibility index (Phi) is 4.57. The van der Waals surface area contributed by atoms with Crippen molar-refractivity contribution >= 4 is 22.9 Å². The molecule has 1 aromatic heterocycles. The van der Waals surface area contributed by atoms with Gasteiger partial charge in [-0.05, 0) is 36.2 Å². The zero-order chi connectivity index (χ0) is 14.8. The third kappa shape index (κ3) is 4.40. The smallest absolute Gasteiger partial charge is 0.406 e. The minimum atomic E-state index is -4.67. The summed E-state index contributed by atoms with van der Waals surface area (Å²) in [6.45, 7) is 0. The van der Waals surface area contributed by atoms with Crippen LogP contribution in [0, 0.1) is 0 Å². The van der Waals surface area contributed by atoms with Gasteiger partial charge in [0.15, 0.2) is 0 Å². The molecule has 0 aliphatic heterocycles. The summed E-state index contributed by atoms with van der Waals surface area (Å²) in [4.78, 5) is 0.936. The van der Waals surface area contributed by atoms with Gasteiger partial charge in [-0.1, -0.05) is 23.7 Å². The van der Waals surface area contributed by atoms with Crippen LogP contribution in [0.2, 0.25) is 4.34 Å². The molecule has 0 aliphatic carbocycles. The number of hydrogen-bond acceptors (Lipinski definition) is 3. The number of ether oxygens (including phenoxy) is 1. The van der Waals surface area contributed by atoms with Gasteiger partial charge in [-0.3, -0.25) is 0 Å². The van der Waals surface area contributed by atoms with Gasteiger partial charge in [-0.25, -0.2) is 0 Å². The topological polar surface area (TPSA) is 35.2 Å². The van der Waals surface area contributed by atoms with Crippen LogP contribution in [0.5, 0.6) is 5.75 Å². The molecule has 0 amide bonds. The quantitative estimate of drug-likeness (QED) is 0.897. The molecule has 1 aromatic carbocycles. The molecule has 0 saturated carbocycles. The van der Waals surface area contributed by atoms with Gasteiger partial charge in [0, 0.05) is 10.9 Å². The highest BCUT2D eigenvalue weighted by molar-refractivity contribution is 7.16. The highest BCUT2D eigenvalue weighted by Gasteiger charge is 2.30. The molecule has 2 N–H and O–H groups in total. The van der Waals surface area contributed by atoms with Crippen LogP contribution in [0.3, 0.4) is 0 Å². The molecule has 1 unspecified atom stereocenters. The van der Waals surface area contributed by atoms with Crippen molar-refractivity contribution < 1.29 is 17.9 Å². The van der Waals surface area contributed by atoms with Gasteiger partial charge in [0.2, 0.25) is 0 Å². The summed E-state index contributed by atoms with van der Waals surface area (Å²) in [5.74, 6) is -0.242. The summed E-state index contributed by atoms with van der Waals surface area (Å²) in [5, 5.41) is 0. The number of rotatable bonds is 4. The van der Waals surface area contributed by atoms with E-state index in [9.17, 15) is 13.2 Å². The summed E-state index contributed by atoms with van der Waals surface area (Å²) in [5.41, 5.74) is 6.85. The molecule has 2 nitrogen and oxygen atoms in total. The number of benzene rings is 1. The van der Waals surface area contributed by atoms with Gasteiger partial charge in [-0.15, -0.1) is 24.5 Å². The number of halogens is 4. The second-order valence-electron chi connectivity index (χ2n) is 4.14. The monoisotopic (exact) mass is 321 g/mol. The number of alkyl halides is 3. The molecular formula is C13H11ClF3NOS. The third-order valence-electron chi connectivity index (χ3n) is 2.57. The Balaban J connectivity index is 2.00. The lowest BCUT2D eigenvalue weighted by Gasteiger charge is -2.11. The van der Waals surface area contributed by atoms with Gasteiger partial charge < -0.3 is 10.5 Å². The van der Waals surface area contributed by atoms with Gasteiger partial charge in [0.1, 0.15) is 5.75 Å². The van der Waals surface area contributed by atoms with Crippen molar-refractivity contribution in [1.82, 2.24) is 0 Å². The van der Waals surface area contributed by atoms with Crippen LogP contribution in [0.1, 0.15) is 16.5 Å². The predicted octanol–water partition coefficient (Wildman–Crippen LogP) is 4.54. The fourth-order valence-electron chi connectivity index (χ4n) is 1.71. The lowest BCUT2D eigenvalue weighted by atomic mass is 10.1. The van der Waals surface area contributed by atoms with Crippen LogP contribution < -0.4 is 10.5 Å². The Hall–Kier alpha value is -1.24. The second kappa shape index (κ2) is 6.03. The molecule has 0 radical (unpaired) electrons. The first-order valence-corrected chi connectivity index (χ1v) is 6.88. The first kappa shape index (κ1) is 15.2. The van der Waals surface area contributed by atoms with E-state index in [0.29, 0.717) is 10.8 Å². The molecule has 0 fully saturated rings. The largest absolute Gasteiger partial charge is 0.573 e. The van der Waals surface area contributed by atoms with E-state index in [1.165, 1.54) is 23.5 Å². The maximum absolute atomic E-state index is 12.0. The highest BCUT2D eigenvalue weighted by atomic mass is 35.5. The summed E-state index contributed by atoms with van der Waals surface area (Å²) >= 11 is 7.22. The van der Waals surface area contributed by atoms with E-state index < -0.39 is 6.36 Å². The SMILES string of the molecule is NC(Cc1ccc(OC(F)(F)F)cc1)c1ccc(Cl)s1. The number of nitrogens with two attached hydrogens (primary N) is 1. The molecule has 20 heavy (non-hydrogen) atoms. The van der Waals surface area contributed by atoms with Crippen molar-refractivity contribution in [3.63, 3.8) is 0 Å². The standard InChI is InChI=1S/C13H11ClF3NOS/c14-12-6-5-11(20-12)10(18)7-8-1-3-9(4-2-8)19-13(15,16)17/h1-6,10H,7,18H2. The summed E-state index contributed by atoms with van der Waals surface area (Å²) in [6.07, 6.45) is -4.16. The minimum absolute atomic E-state index is 0.234. The van der Waals surface area contributed by atoms with Crippen molar-refractivity contribution in [3.05, 3.63) is 51.2 Å². The van der Waals surface area contributed by atoms with Crippen LogP contribution in [0.4, 0.5) is 13.2 Å². The summed E-state index contributed by atoms with van der Waals surface area (Å²) < 4.78 is 40.5. The van der Waals surface area contributed by atoms with E-state index in [4.69, 9.17) is 17.3 Å². The Morgan fingerprint density at radius 3 is 2.30 bits per heavy atom. The van der Waals surface area contributed by atoms with Crippen molar-refractivity contribution in [1.29, 1.82) is 0 Å². The maximum Gasteiger partial charge on any atom is 0.573 e. The Morgan fingerprint density at radius 2 is 1.80 bits per heavy atom. The average molecular weight is 322 g/mol. The minimum Gasteiger partial charge on any atom is -0.406 e. The maximum atomic E-state index is 12.0. The van der Waals surface area contributed by atoms with Crippen LogP contribution in [-0.4, -0.2) is 6.36 Å².